The van der Waals surface area contributed by atoms with E-state index in [1.54, 1.807) is 30.3 Å². The molecule has 3 aromatic rings. The summed E-state index contributed by atoms with van der Waals surface area (Å²) in [4.78, 5) is 0.190. The molecule has 4 nitrogen and oxygen atoms in total. The van der Waals surface area contributed by atoms with E-state index in [2.05, 4.69) is 50.3 Å². The van der Waals surface area contributed by atoms with E-state index in [0.29, 0.717) is 10.9 Å². The number of sulfonamides is 1. The van der Waals surface area contributed by atoms with Crippen LogP contribution >= 0.6 is 39.1 Å². The van der Waals surface area contributed by atoms with Crippen molar-refractivity contribution in [2.45, 2.75) is 23.3 Å². The molecule has 1 heterocycles. The molecule has 5 rings (SSSR count). The Morgan fingerprint density at radius 3 is 2.59 bits per heavy atom. The van der Waals surface area contributed by atoms with Crippen molar-refractivity contribution < 1.29 is 8.42 Å². The Morgan fingerprint density at radius 1 is 1.03 bits per heavy atom. The third-order valence-corrected chi connectivity index (χ3v) is 8.78. The van der Waals surface area contributed by atoms with Gasteiger partial charge in [-0.05, 0) is 65.9 Å². The standard InChI is InChI=1S/C24H19BrCl2N2O2S/c25-15-9-7-14(8-10-15)24-18-4-1-3-17(18)19-13-16(11-12-21(19)28-24)32(30,31)29-22-6-2-5-20(26)23(22)27/h1-3,5-13,17-18,24,28-29H,4H2/t17?,18?,24-/m0/s1. The molecule has 1 aliphatic carbocycles. The molecule has 8 heteroatoms. The SMILES string of the molecule is O=S(=O)(Nc1cccc(Cl)c1Cl)c1ccc2c(c1)C1C=CCC1[C@H](c1ccc(Br)cc1)N2. The highest BCUT2D eigenvalue weighted by Gasteiger charge is 2.38. The fraction of sp³-hybridized carbons (Fsp3) is 0.167. The minimum Gasteiger partial charge on any atom is -0.378 e. The second-order valence-corrected chi connectivity index (χ2v) is 11.4. The lowest BCUT2D eigenvalue weighted by molar-refractivity contribution is 0.425. The normalized spacial score (nSPS) is 21.5. The zero-order valence-electron chi connectivity index (χ0n) is 16.7. The van der Waals surface area contributed by atoms with Crippen molar-refractivity contribution in [2.24, 2.45) is 5.92 Å². The fourth-order valence-corrected chi connectivity index (χ4v) is 6.30. The minimum atomic E-state index is -3.84. The van der Waals surface area contributed by atoms with Gasteiger partial charge in [0.05, 0.1) is 26.7 Å². The summed E-state index contributed by atoms with van der Waals surface area (Å²) in [6.45, 7) is 0. The average molecular weight is 550 g/mol. The van der Waals surface area contributed by atoms with Crippen LogP contribution < -0.4 is 10.0 Å². The van der Waals surface area contributed by atoms with E-state index in [1.807, 2.05) is 18.2 Å². The first-order chi connectivity index (χ1) is 15.3. The lowest BCUT2D eigenvalue weighted by atomic mass is 9.77. The number of nitrogens with one attached hydrogen (secondary N) is 2. The Labute approximate surface area is 205 Å². The number of fused-ring (bicyclic) bond motifs is 3. The van der Waals surface area contributed by atoms with Crippen molar-refractivity contribution in [1.29, 1.82) is 0 Å². The molecule has 164 valence electrons. The zero-order valence-corrected chi connectivity index (χ0v) is 20.6. The number of benzene rings is 3. The first kappa shape index (κ1) is 21.8. The van der Waals surface area contributed by atoms with Crippen LogP contribution in [0.15, 0.2) is 82.2 Å². The van der Waals surface area contributed by atoms with E-state index in [9.17, 15) is 8.42 Å². The Hall–Kier alpha value is -1.99. The van der Waals surface area contributed by atoms with E-state index in [4.69, 9.17) is 23.2 Å². The molecule has 3 atom stereocenters. The predicted octanol–water partition coefficient (Wildman–Crippen LogP) is 7.38. The number of halogens is 3. The molecule has 2 unspecified atom stereocenters. The van der Waals surface area contributed by atoms with Crippen LogP contribution in [0.4, 0.5) is 11.4 Å². The Bertz CT molecular complexity index is 1330. The highest BCUT2D eigenvalue weighted by atomic mass is 79.9. The van der Waals surface area contributed by atoms with Gasteiger partial charge in [0.2, 0.25) is 0 Å². The van der Waals surface area contributed by atoms with Gasteiger partial charge in [-0.1, -0.05) is 69.5 Å². The molecule has 2 N–H and O–H groups in total. The fourth-order valence-electron chi connectivity index (χ4n) is 4.53. The van der Waals surface area contributed by atoms with Gasteiger partial charge in [-0.15, -0.1) is 0 Å². The van der Waals surface area contributed by atoms with E-state index in [0.717, 1.165) is 22.1 Å². The third kappa shape index (κ3) is 3.94. The molecule has 0 saturated carbocycles. The van der Waals surface area contributed by atoms with Crippen molar-refractivity contribution in [3.05, 3.63) is 98.5 Å². The summed E-state index contributed by atoms with van der Waals surface area (Å²) in [6.07, 6.45) is 5.31. The van der Waals surface area contributed by atoms with Gasteiger partial charge in [0.15, 0.2) is 0 Å². The number of allylic oxidation sites excluding steroid dienone is 2. The lowest BCUT2D eigenvalue weighted by Gasteiger charge is -2.37. The summed E-state index contributed by atoms with van der Waals surface area (Å²) in [5.74, 6) is 0.460. The molecule has 0 spiro atoms. The summed E-state index contributed by atoms with van der Waals surface area (Å²) in [6, 6.07) is 18.6. The molecular weight excluding hydrogens is 531 g/mol. The molecule has 1 aliphatic heterocycles. The summed E-state index contributed by atoms with van der Waals surface area (Å²) in [7, 11) is -3.84. The lowest BCUT2D eigenvalue weighted by Crippen LogP contribution is -2.29. The number of rotatable bonds is 4. The molecule has 0 fully saturated rings. The topological polar surface area (TPSA) is 58.2 Å². The van der Waals surface area contributed by atoms with Gasteiger partial charge in [-0.2, -0.15) is 0 Å². The van der Waals surface area contributed by atoms with Crippen LogP contribution in [0.2, 0.25) is 10.0 Å². The predicted molar refractivity (Wildman–Crippen MR) is 134 cm³/mol. The van der Waals surface area contributed by atoms with Gasteiger partial charge in [0.25, 0.3) is 10.0 Å². The average Bonchev–Trinajstić information content (AvgIpc) is 3.27. The number of hydrogen-bond donors (Lipinski definition) is 2. The van der Waals surface area contributed by atoms with Crippen LogP contribution in [-0.4, -0.2) is 8.42 Å². The van der Waals surface area contributed by atoms with E-state index >= 15 is 0 Å². The van der Waals surface area contributed by atoms with Gasteiger partial charge < -0.3 is 5.32 Å². The summed E-state index contributed by atoms with van der Waals surface area (Å²) in [5.41, 5.74) is 3.40. The molecule has 0 radical (unpaired) electrons. The van der Waals surface area contributed by atoms with Gasteiger partial charge in [-0.25, -0.2) is 8.42 Å². The number of hydrogen-bond acceptors (Lipinski definition) is 3. The van der Waals surface area contributed by atoms with Gasteiger partial charge in [0, 0.05) is 16.1 Å². The monoisotopic (exact) mass is 548 g/mol. The van der Waals surface area contributed by atoms with Crippen LogP contribution in [0.5, 0.6) is 0 Å². The second-order valence-electron chi connectivity index (χ2n) is 7.98. The maximum Gasteiger partial charge on any atom is 0.261 e. The first-order valence-corrected chi connectivity index (χ1v) is 13.2. The van der Waals surface area contributed by atoms with Crippen molar-refractivity contribution in [1.82, 2.24) is 0 Å². The molecule has 32 heavy (non-hydrogen) atoms. The minimum absolute atomic E-state index is 0.143. The number of anilines is 2. The molecule has 0 bridgehead atoms. The summed E-state index contributed by atoms with van der Waals surface area (Å²) >= 11 is 15.7. The maximum atomic E-state index is 13.1. The maximum absolute atomic E-state index is 13.1. The van der Waals surface area contributed by atoms with Crippen LogP contribution in [0.25, 0.3) is 0 Å². The molecule has 3 aromatic carbocycles. The van der Waals surface area contributed by atoms with Crippen LogP contribution in [-0.2, 0) is 10.0 Å². The Balaban J connectivity index is 1.49. The molecular formula is C24H19BrCl2N2O2S. The van der Waals surface area contributed by atoms with Crippen LogP contribution in [0.1, 0.15) is 29.5 Å². The molecule has 0 amide bonds. The third-order valence-electron chi connectivity index (χ3n) is 6.07. The second kappa shape index (κ2) is 8.41. The van der Waals surface area contributed by atoms with Crippen LogP contribution in [0.3, 0.4) is 0 Å². The van der Waals surface area contributed by atoms with E-state index in [-0.39, 0.29) is 27.6 Å². The van der Waals surface area contributed by atoms with Crippen molar-refractivity contribution in [2.75, 3.05) is 10.0 Å². The smallest absolute Gasteiger partial charge is 0.261 e. The quantitative estimate of drug-likeness (QED) is 0.334. The van der Waals surface area contributed by atoms with Crippen molar-refractivity contribution >= 4 is 60.5 Å². The van der Waals surface area contributed by atoms with Crippen LogP contribution in [0, 0.1) is 5.92 Å². The van der Waals surface area contributed by atoms with Gasteiger partial charge >= 0.3 is 0 Å². The van der Waals surface area contributed by atoms with E-state index < -0.39 is 10.0 Å². The van der Waals surface area contributed by atoms with Gasteiger partial charge in [0.1, 0.15) is 0 Å². The molecule has 2 aliphatic rings. The highest BCUT2D eigenvalue weighted by Crippen LogP contribution is 2.50. The van der Waals surface area contributed by atoms with E-state index in [1.165, 1.54) is 5.56 Å². The Morgan fingerprint density at radius 2 is 1.81 bits per heavy atom. The highest BCUT2D eigenvalue weighted by molar-refractivity contribution is 9.10. The van der Waals surface area contributed by atoms with Crippen molar-refractivity contribution in [3.63, 3.8) is 0 Å². The summed E-state index contributed by atoms with van der Waals surface area (Å²) in [5, 5.41) is 4.11. The zero-order chi connectivity index (χ0) is 22.5. The van der Waals surface area contributed by atoms with Gasteiger partial charge in [-0.3, -0.25) is 4.72 Å². The largest absolute Gasteiger partial charge is 0.378 e. The molecule has 0 aromatic heterocycles. The molecule has 0 saturated heterocycles. The Kier molecular flexibility index (Phi) is 5.74. The first-order valence-electron chi connectivity index (χ1n) is 10.1. The summed E-state index contributed by atoms with van der Waals surface area (Å²) < 4.78 is 29.8. The van der Waals surface area contributed by atoms with Crippen molar-refractivity contribution in [3.8, 4) is 0 Å².